The molecule has 0 saturated heterocycles. The van der Waals surface area contributed by atoms with Crippen LogP contribution in [0, 0.1) is 0 Å². The molecule has 0 radical (unpaired) electrons. The highest BCUT2D eigenvalue weighted by atomic mass is 32.1. The molecule has 0 spiro atoms. The Kier molecular flexibility index (Phi) is 3.42. The topological polar surface area (TPSA) is 37.8 Å². The third-order valence-electron chi connectivity index (χ3n) is 2.19. The Hall–Kier alpha value is -1.26. The first-order valence-electron chi connectivity index (χ1n) is 4.88. The molecule has 2 rings (SSSR count). The molecule has 0 fully saturated rings. The Labute approximate surface area is 93.2 Å². The van der Waals surface area contributed by atoms with Crippen molar-refractivity contribution in [1.82, 2.24) is 15.3 Å². The van der Waals surface area contributed by atoms with Gasteiger partial charge in [0.2, 0.25) is 0 Å². The minimum Gasteiger partial charge on any atom is -0.304 e. The lowest BCUT2D eigenvalue weighted by atomic mass is 10.3. The maximum absolute atomic E-state index is 4.26. The SMILES string of the molecule is CC(NCc1ccccn1)c1cncs1. The van der Waals surface area contributed by atoms with Crippen LogP contribution >= 0.6 is 11.3 Å². The Morgan fingerprint density at radius 2 is 2.40 bits per heavy atom. The van der Waals surface area contributed by atoms with Crippen molar-refractivity contribution in [2.24, 2.45) is 0 Å². The molecule has 2 heterocycles. The second-order valence-corrected chi connectivity index (χ2v) is 4.25. The standard InChI is InChI=1S/C11H13N3S/c1-9(11-7-12-8-15-11)14-6-10-4-2-3-5-13-10/h2-5,7-9,14H,6H2,1H3. The first-order chi connectivity index (χ1) is 7.36. The molecular formula is C11H13N3S. The number of nitrogens with zero attached hydrogens (tertiary/aromatic N) is 2. The molecule has 78 valence electrons. The molecule has 0 bridgehead atoms. The van der Waals surface area contributed by atoms with Crippen LogP contribution in [0.4, 0.5) is 0 Å². The van der Waals surface area contributed by atoms with Gasteiger partial charge in [-0.25, -0.2) is 0 Å². The van der Waals surface area contributed by atoms with Gasteiger partial charge in [-0.15, -0.1) is 11.3 Å². The van der Waals surface area contributed by atoms with Gasteiger partial charge < -0.3 is 5.32 Å². The monoisotopic (exact) mass is 219 g/mol. The molecule has 2 aromatic heterocycles. The largest absolute Gasteiger partial charge is 0.304 e. The van der Waals surface area contributed by atoms with Crippen molar-refractivity contribution in [1.29, 1.82) is 0 Å². The summed E-state index contributed by atoms with van der Waals surface area (Å²) in [7, 11) is 0. The van der Waals surface area contributed by atoms with Gasteiger partial charge in [-0.3, -0.25) is 9.97 Å². The lowest BCUT2D eigenvalue weighted by molar-refractivity contribution is 0.575. The fraction of sp³-hybridized carbons (Fsp3) is 0.273. The minimum absolute atomic E-state index is 0.333. The molecule has 0 aliphatic rings. The van der Waals surface area contributed by atoms with Crippen LogP contribution in [0.25, 0.3) is 0 Å². The summed E-state index contributed by atoms with van der Waals surface area (Å²) < 4.78 is 0. The molecular weight excluding hydrogens is 206 g/mol. The average Bonchev–Trinajstić information content (AvgIpc) is 2.81. The smallest absolute Gasteiger partial charge is 0.0794 e. The molecule has 2 aromatic rings. The normalized spacial score (nSPS) is 12.6. The Morgan fingerprint density at radius 1 is 1.47 bits per heavy atom. The van der Waals surface area contributed by atoms with E-state index in [2.05, 4.69) is 22.2 Å². The van der Waals surface area contributed by atoms with Gasteiger partial charge in [-0.05, 0) is 19.1 Å². The predicted molar refractivity (Wildman–Crippen MR) is 61.6 cm³/mol. The molecule has 1 atom stereocenters. The zero-order valence-electron chi connectivity index (χ0n) is 8.55. The molecule has 1 N–H and O–H groups in total. The summed E-state index contributed by atoms with van der Waals surface area (Å²) >= 11 is 1.67. The van der Waals surface area contributed by atoms with E-state index in [9.17, 15) is 0 Å². The van der Waals surface area contributed by atoms with E-state index < -0.39 is 0 Å². The number of aromatic nitrogens is 2. The van der Waals surface area contributed by atoms with Crippen molar-refractivity contribution in [3.8, 4) is 0 Å². The van der Waals surface area contributed by atoms with Crippen molar-refractivity contribution in [2.45, 2.75) is 19.5 Å². The summed E-state index contributed by atoms with van der Waals surface area (Å²) in [5.74, 6) is 0. The van der Waals surface area contributed by atoms with Gasteiger partial charge in [0.1, 0.15) is 0 Å². The number of thiazole rings is 1. The third kappa shape index (κ3) is 2.84. The van der Waals surface area contributed by atoms with Gasteiger partial charge in [0.05, 0.1) is 11.2 Å². The van der Waals surface area contributed by atoms with Crippen LogP contribution in [0.1, 0.15) is 23.5 Å². The van der Waals surface area contributed by atoms with Crippen LogP contribution in [0.15, 0.2) is 36.1 Å². The van der Waals surface area contributed by atoms with Crippen LogP contribution in [0.3, 0.4) is 0 Å². The van der Waals surface area contributed by atoms with E-state index >= 15 is 0 Å². The summed E-state index contributed by atoms with van der Waals surface area (Å²) in [6.45, 7) is 2.93. The van der Waals surface area contributed by atoms with E-state index in [1.165, 1.54) is 4.88 Å². The third-order valence-corrected chi connectivity index (χ3v) is 3.15. The van der Waals surface area contributed by atoms with E-state index in [0.29, 0.717) is 6.04 Å². The number of nitrogens with one attached hydrogen (secondary N) is 1. The molecule has 1 unspecified atom stereocenters. The Bertz CT molecular complexity index is 385. The second kappa shape index (κ2) is 5.00. The molecule has 0 aliphatic heterocycles. The van der Waals surface area contributed by atoms with Crippen LogP contribution in [-0.2, 0) is 6.54 Å². The maximum atomic E-state index is 4.26. The first kappa shape index (κ1) is 10.3. The fourth-order valence-electron chi connectivity index (χ4n) is 1.30. The van der Waals surface area contributed by atoms with E-state index in [-0.39, 0.29) is 0 Å². The average molecular weight is 219 g/mol. The van der Waals surface area contributed by atoms with Gasteiger partial charge in [-0.1, -0.05) is 6.07 Å². The molecule has 15 heavy (non-hydrogen) atoms. The summed E-state index contributed by atoms with van der Waals surface area (Å²) in [5, 5.41) is 3.41. The highest BCUT2D eigenvalue weighted by Crippen LogP contribution is 2.16. The zero-order chi connectivity index (χ0) is 10.5. The number of rotatable bonds is 4. The number of hydrogen-bond donors (Lipinski definition) is 1. The van der Waals surface area contributed by atoms with Crippen molar-refractivity contribution in [2.75, 3.05) is 0 Å². The van der Waals surface area contributed by atoms with Crippen molar-refractivity contribution >= 4 is 11.3 Å². The van der Waals surface area contributed by atoms with Crippen molar-refractivity contribution in [3.05, 3.63) is 46.7 Å². The van der Waals surface area contributed by atoms with Gasteiger partial charge in [-0.2, -0.15) is 0 Å². The van der Waals surface area contributed by atoms with E-state index in [1.54, 1.807) is 11.3 Å². The first-order valence-corrected chi connectivity index (χ1v) is 5.76. The predicted octanol–water partition coefficient (Wildman–Crippen LogP) is 2.39. The minimum atomic E-state index is 0.333. The maximum Gasteiger partial charge on any atom is 0.0794 e. The van der Waals surface area contributed by atoms with Gasteiger partial charge in [0.15, 0.2) is 0 Å². The molecule has 4 heteroatoms. The fourth-order valence-corrected chi connectivity index (χ4v) is 1.95. The van der Waals surface area contributed by atoms with E-state index in [4.69, 9.17) is 0 Å². The lowest BCUT2D eigenvalue weighted by Crippen LogP contribution is -2.17. The highest BCUT2D eigenvalue weighted by molar-refractivity contribution is 7.09. The quantitative estimate of drug-likeness (QED) is 0.858. The van der Waals surface area contributed by atoms with Crippen LogP contribution in [-0.4, -0.2) is 9.97 Å². The second-order valence-electron chi connectivity index (χ2n) is 3.33. The van der Waals surface area contributed by atoms with Gasteiger partial charge in [0, 0.05) is 29.9 Å². The van der Waals surface area contributed by atoms with E-state index in [1.807, 2.05) is 36.1 Å². The van der Waals surface area contributed by atoms with Crippen LogP contribution in [0.2, 0.25) is 0 Å². The summed E-state index contributed by atoms with van der Waals surface area (Å²) in [6.07, 6.45) is 3.72. The Balaban J connectivity index is 1.89. The highest BCUT2D eigenvalue weighted by Gasteiger charge is 2.05. The van der Waals surface area contributed by atoms with Crippen LogP contribution in [0.5, 0.6) is 0 Å². The molecule has 3 nitrogen and oxygen atoms in total. The zero-order valence-corrected chi connectivity index (χ0v) is 9.37. The molecule has 0 saturated carbocycles. The summed E-state index contributed by atoms with van der Waals surface area (Å²) in [5.41, 5.74) is 2.92. The summed E-state index contributed by atoms with van der Waals surface area (Å²) in [6, 6.07) is 6.28. The van der Waals surface area contributed by atoms with Crippen LogP contribution < -0.4 is 5.32 Å². The molecule has 0 aromatic carbocycles. The number of hydrogen-bond acceptors (Lipinski definition) is 4. The molecule has 0 amide bonds. The lowest BCUT2D eigenvalue weighted by Gasteiger charge is -2.10. The van der Waals surface area contributed by atoms with Crippen molar-refractivity contribution in [3.63, 3.8) is 0 Å². The molecule has 0 aliphatic carbocycles. The van der Waals surface area contributed by atoms with Gasteiger partial charge in [0.25, 0.3) is 0 Å². The van der Waals surface area contributed by atoms with Crippen molar-refractivity contribution < 1.29 is 0 Å². The summed E-state index contributed by atoms with van der Waals surface area (Å²) in [4.78, 5) is 9.57. The van der Waals surface area contributed by atoms with Gasteiger partial charge >= 0.3 is 0 Å². The van der Waals surface area contributed by atoms with E-state index in [0.717, 1.165) is 12.2 Å². The number of pyridine rings is 1. The Morgan fingerprint density at radius 3 is 3.07 bits per heavy atom.